The third kappa shape index (κ3) is 6.05. The van der Waals surface area contributed by atoms with Crippen molar-refractivity contribution in [2.45, 2.75) is 43.8 Å². The summed E-state index contributed by atoms with van der Waals surface area (Å²) >= 11 is 0. The number of imidazole rings is 1. The number of hydrogen-bond acceptors (Lipinski definition) is 6. The van der Waals surface area contributed by atoms with Crippen LogP contribution < -0.4 is 15.5 Å². The number of likely N-dealkylation sites (N-methyl/N-ethyl adjacent to an activating group) is 1. The molecule has 1 amide bonds. The van der Waals surface area contributed by atoms with E-state index in [1.165, 1.54) is 33.6 Å². The van der Waals surface area contributed by atoms with Gasteiger partial charge in [0, 0.05) is 61.7 Å². The molecule has 4 heterocycles. The first-order chi connectivity index (χ1) is 24.3. The second-order valence-electron chi connectivity index (χ2n) is 13.3. The number of fused-ring (bicyclic) bond motifs is 4. The zero-order valence-electron chi connectivity index (χ0n) is 27.9. The number of amides is 1. The van der Waals surface area contributed by atoms with Crippen molar-refractivity contribution < 1.29 is 36.6 Å². The number of aryl methyl sites for hydroxylation is 1. The Morgan fingerprint density at radius 1 is 1.08 bits per heavy atom. The summed E-state index contributed by atoms with van der Waals surface area (Å²) in [4.78, 5) is 32.5. The molecule has 266 valence electrons. The number of aliphatic hydroxyl groups is 1. The van der Waals surface area contributed by atoms with E-state index in [2.05, 4.69) is 15.6 Å². The summed E-state index contributed by atoms with van der Waals surface area (Å²) in [6, 6.07) is 7.36. The van der Waals surface area contributed by atoms with Crippen molar-refractivity contribution in [2.75, 3.05) is 37.0 Å². The second kappa shape index (κ2) is 12.9. The Kier molecular flexibility index (Phi) is 8.70. The summed E-state index contributed by atoms with van der Waals surface area (Å²) in [6.45, 7) is 0.537. The molecule has 5 aromatic rings. The second-order valence-corrected chi connectivity index (χ2v) is 13.3. The SMILES string of the molecule is CN1CCc2cc(C(=O)c3cc(F)c(NC(=O)/C=C/CNC4(CO)CCCC4)c(F)c3)n3cccc(c23)-c2c(C(F)(F)F)cc3c(ncn3C)c21. The number of halogens is 5. The standard InChI is InChI=1S/C37H35F5N6O3/c1-46-14-9-21-17-28(48-13-6-7-23(33(21)48)30-24(37(40,41)42)18-27-32(34(30)46)43-20-47(27)2)35(51)22-15-25(38)31(26(39)16-22)45-29(50)8-5-12-44-36(19-49)10-3-4-11-36/h5-8,13,15-18,20,44,49H,3-4,9-12,14,19H2,1-2H3,(H,45,50)/b8-5+. The molecular weight excluding hydrogens is 671 g/mol. The Hall–Kier alpha value is -5.08. The van der Waals surface area contributed by atoms with E-state index in [1.807, 2.05) is 0 Å². The van der Waals surface area contributed by atoms with Crippen LogP contribution in [0.2, 0.25) is 0 Å². The number of pyridine rings is 1. The monoisotopic (exact) mass is 706 g/mol. The predicted octanol–water partition coefficient (Wildman–Crippen LogP) is 6.40. The predicted molar refractivity (Wildman–Crippen MR) is 183 cm³/mol. The molecule has 0 saturated heterocycles. The van der Waals surface area contributed by atoms with E-state index in [9.17, 15) is 27.9 Å². The summed E-state index contributed by atoms with van der Waals surface area (Å²) in [5, 5.41) is 15.1. The molecule has 0 unspecified atom stereocenters. The van der Waals surface area contributed by atoms with Gasteiger partial charge in [0.2, 0.25) is 11.7 Å². The van der Waals surface area contributed by atoms with Gasteiger partial charge in [-0.2, -0.15) is 13.2 Å². The van der Waals surface area contributed by atoms with Crippen molar-refractivity contribution in [3.63, 3.8) is 0 Å². The molecule has 3 N–H and O–H groups in total. The summed E-state index contributed by atoms with van der Waals surface area (Å²) in [5.41, 5.74) is -0.164. The van der Waals surface area contributed by atoms with Crippen molar-refractivity contribution in [1.82, 2.24) is 19.3 Å². The lowest BCUT2D eigenvalue weighted by molar-refractivity contribution is -0.137. The van der Waals surface area contributed by atoms with E-state index in [0.717, 1.165) is 50.0 Å². The summed E-state index contributed by atoms with van der Waals surface area (Å²) in [5.74, 6) is -3.89. The topological polar surface area (TPSA) is 104 Å². The van der Waals surface area contributed by atoms with E-state index < -0.39 is 46.3 Å². The normalized spacial score (nSPS) is 15.8. The fourth-order valence-electron chi connectivity index (χ4n) is 7.44. The van der Waals surface area contributed by atoms with Gasteiger partial charge in [0.1, 0.15) is 22.8 Å². The van der Waals surface area contributed by atoms with Gasteiger partial charge in [0.05, 0.1) is 40.9 Å². The van der Waals surface area contributed by atoms with Crippen LogP contribution in [0.3, 0.4) is 0 Å². The maximum Gasteiger partial charge on any atom is 0.417 e. The number of anilines is 2. The number of aliphatic hydroxyl groups excluding tert-OH is 1. The van der Waals surface area contributed by atoms with Crippen LogP contribution in [0.25, 0.3) is 27.7 Å². The van der Waals surface area contributed by atoms with Gasteiger partial charge in [-0.05, 0) is 55.2 Å². The van der Waals surface area contributed by atoms with Crippen LogP contribution >= 0.6 is 0 Å². The fraction of sp³-hybridized carbons (Fsp3) is 0.324. The minimum absolute atomic E-state index is 0.00867. The lowest BCUT2D eigenvalue weighted by atomic mass is 9.92. The highest BCUT2D eigenvalue weighted by Gasteiger charge is 2.39. The first kappa shape index (κ1) is 34.4. The maximum absolute atomic E-state index is 15.3. The number of carbonyl (C=O) groups is 2. The van der Waals surface area contributed by atoms with Crippen molar-refractivity contribution in [3.8, 4) is 11.1 Å². The smallest absolute Gasteiger partial charge is 0.394 e. The Morgan fingerprint density at radius 2 is 1.80 bits per heavy atom. The lowest BCUT2D eigenvalue weighted by Crippen LogP contribution is -2.46. The summed E-state index contributed by atoms with van der Waals surface area (Å²) in [6.07, 6.45) is 4.85. The van der Waals surface area contributed by atoms with Gasteiger partial charge >= 0.3 is 6.18 Å². The van der Waals surface area contributed by atoms with Crippen LogP contribution in [-0.2, 0) is 24.4 Å². The summed E-state index contributed by atoms with van der Waals surface area (Å²) in [7, 11) is 3.32. The number of nitrogens with zero attached hydrogens (tertiary/aromatic N) is 4. The van der Waals surface area contributed by atoms with Gasteiger partial charge in [-0.25, -0.2) is 13.8 Å². The highest BCUT2D eigenvalue weighted by molar-refractivity contribution is 6.11. The van der Waals surface area contributed by atoms with Crippen LogP contribution in [-0.4, -0.2) is 63.0 Å². The molecule has 1 aliphatic carbocycles. The molecule has 2 aliphatic rings. The van der Waals surface area contributed by atoms with Crippen LogP contribution in [0, 0.1) is 11.6 Å². The van der Waals surface area contributed by atoms with Gasteiger partial charge < -0.3 is 29.6 Å². The molecule has 9 nitrogen and oxygen atoms in total. The molecule has 1 aliphatic heterocycles. The van der Waals surface area contributed by atoms with Crippen molar-refractivity contribution in [1.29, 1.82) is 0 Å². The van der Waals surface area contributed by atoms with E-state index in [1.54, 1.807) is 31.1 Å². The molecule has 0 atom stereocenters. The molecule has 7 rings (SSSR count). The minimum Gasteiger partial charge on any atom is -0.394 e. The number of ketones is 1. The highest BCUT2D eigenvalue weighted by atomic mass is 19.4. The number of aromatic nitrogens is 3. The Balaban J connectivity index is 1.22. The molecule has 0 bridgehead atoms. The molecular formula is C37H35F5N6O3. The number of rotatable bonds is 8. The van der Waals surface area contributed by atoms with Gasteiger partial charge in [-0.15, -0.1) is 0 Å². The van der Waals surface area contributed by atoms with Crippen molar-refractivity contribution in [3.05, 3.63) is 95.1 Å². The average Bonchev–Trinajstić information content (AvgIpc) is 3.82. The maximum atomic E-state index is 15.3. The van der Waals surface area contributed by atoms with Crippen molar-refractivity contribution >= 4 is 39.6 Å². The zero-order chi connectivity index (χ0) is 36.2. The molecule has 1 saturated carbocycles. The van der Waals surface area contributed by atoms with Gasteiger partial charge in [-0.1, -0.05) is 25.0 Å². The van der Waals surface area contributed by atoms with Crippen LogP contribution in [0.5, 0.6) is 0 Å². The largest absolute Gasteiger partial charge is 0.417 e. The fourth-order valence-corrected chi connectivity index (χ4v) is 7.44. The molecule has 3 aromatic heterocycles. The van der Waals surface area contributed by atoms with Gasteiger partial charge in [0.15, 0.2) is 0 Å². The quantitative estimate of drug-likeness (QED) is 0.0981. The average molecular weight is 707 g/mol. The lowest BCUT2D eigenvalue weighted by Gasteiger charge is -2.28. The Labute approximate surface area is 289 Å². The first-order valence-electron chi connectivity index (χ1n) is 16.6. The Morgan fingerprint density at radius 3 is 2.49 bits per heavy atom. The van der Waals surface area contributed by atoms with Gasteiger partial charge in [-0.3, -0.25) is 9.59 Å². The number of alkyl halides is 3. The summed E-state index contributed by atoms with van der Waals surface area (Å²) < 4.78 is 77.8. The number of carbonyl (C=O) groups excluding carboxylic acids is 2. The molecule has 2 aromatic carbocycles. The zero-order valence-corrected chi connectivity index (χ0v) is 27.9. The van der Waals surface area contributed by atoms with Crippen LogP contribution in [0.1, 0.15) is 52.9 Å². The highest BCUT2D eigenvalue weighted by Crippen LogP contribution is 2.48. The number of nitrogens with one attached hydrogen (secondary N) is 2. The third-order valence-electron chi connectivity index (χ3n) is 10.0. The third-order valence-corrected chi connectivity index (χ3v) is 10.0. The van der Waals surface area contributed by atoms with Crippen LogP contribution in [0.4, 0.5) is 33.3 Å². The van der Waals surface area contributed by atoms with E-state index in [-0.39, 0.29) is 35.5 Å². The van der Waals surface area contributed by atoms with Gasteiger partial charge in [0.25, 0.3) is 0 Å². The van der Waals surface area contributed by atoms with E-state index >= 15 is 8.78 Å². The Bertz CT molecular complexity index is 2210. The molecule has 14 heteroatoms. The van der Waals surface area contributed by atoms with Crippen molar-refractivity contribution in [2.24, 2.45) is 7.05 Å². The molecule has 0 radical (unpaired) electrons. The molecule has 0 spiro atoms. The number of benzene rings is 2. The van der Waals surface area contributed by atoms with E-state index in [4.69, 9.17) is 0 Å². The minimum atomic E-state index is -4.72. The van der Waals surface area contributed by atoms with E-state index in [0.29, 0.717) is 40.8 Å². The number of hydrogen-bond donors (Lipinski definition) is 3. The molecule has 1 fully saturated rings. The molecule has 51 heavy (non-hydrogen) atoms. The first-order valence-corrected chi connectivity index (χ1v) is 16.6. The van der Waals surface area contributed by atoms with Crippen LogP contribution in [0.15, 0.2) is 61.1 Å².